The van der Waals surface area contributed by atoms with Crippen molar-refractivity contribution in [1.82, 2.24) is 4.98 Å². The van der Waals surface area contributed by atoms with E-state index in [1.165, 1.54) is 19.4 Å². The number of ether oxygens (including phenoxy) is 3. The van der Waals surface area contributed by atoms with Crippen LogP contribution in [0.4, 0.5) is 0 Å². The van der Waals surface area contributed by atoms with Crippen molar-refractivity contribution < 1.29 is 28.9 Å². The number of aromatic nitrogens is 1. The Morgan fingerprint density at radius 2 is 1.81 bits per heavy atom. The summed E-state index contributed by atoms with van der Waals surface area (Å²) in [5.74, 6) is -1.11. The zero-order valence-electron chi connectivity index (χ0n) is 19.2. The zero-order valence-corrected chi connectivity index (χ0v) is 19.2. The van der Waals surface area contributed by atoms with Gasteiger partial charge in [-0.1, -0.05) is 44.9 Å². The molecule has 1 N–H and O–H groups in total. The molecule has 0 amide bonds. The first-order valence-corrected chi connectivity index (χ1v) is 11.0. The zero-order chi connectivity index (χ0) is 23.5. The molecule has 0 spiro atoms. The van der Waals surface area contributed by atoms with Crippen LogP contribution in [0.1, 0.15) is 63.4 Å². The fourth-order valence-corrected chi connectivity index (χ4v) is 3.30. The van der Waals surface area contributed by atoms with Gasteiger partial charge in [0.25, 0.3) is 0 Å². The lowest BCUT2D eigenvalue weighted by atomic mass is 10.0. The molecular formula is C25H33NO6. The molecule has 0 saturated carbocycles. The maximum absolute atomic E-state index is 12.8. The molecule has 0 unspecified atom stereocenters. The lowest BCUT2D eigenvalue weighted by Gasteiger charge is -2.26. The van der Waals surface area contributed by atoms with E-state index in [1.54, 1.807) is 6.92 Å². The first-order valence-electron chi connectivity index (χ1n) is 11.0. The van der Waals surface area contributed by atoms with Crippen LogP contribution in [0.2, 0.25) is 0 Å². The molecule has 7 nitrogen and oxygen atoms in total. The standard InChI is InChI=1S/C25H33NO6/c1-5-6-8-13-21(18(3)31-19-11-9-7-10-12-19)32-25(29)17(2)16-20(27)23-24(28)22(30-4)14-15-26-23/h7,9-12,14-15,17-18,21,28H,5-6,8,13,16H2,1-4H3/t17-,18-,21-/m1/s1. The second kappa shape index (κ2) is 12.7. The van der Waals surface area contributed by atoms with Crippen LogP contribution in [0.25, 0.3) is 0 Å². The summed E-state index contributed by atoms with van der Waals surface area (Å²) >= 11 is 0. The largest absolute Gasteiger partial charge is 0.503 e. The van der Waals surface area contributed by atoms with Gasteiger partial charge in [0.1, 0.15) is 18.0 Å². The SMILES string of the molecule is CCCCC[C@@H](OC(=O)[C@H](C)CC(=O)c1nccc(OC)c1O)[C@@H](C)Oc1ccccc1. The number of pyridine rings is 1. The predicted octanol–water partition coefficient (Wildman–Crippen LogP) is 4.96. The summed E-state index contributed by atoms with van der Waals surface area (Å²) in [6, 6.07) is 10.8. The molecule has 2 rings (SSSR count). The highest BCUT2D eigenvalue weighted by atomic mass is 16.6. The van der Waals surface area contributed by atoms with Gasteiger partial charge in [-0.3, -0.25) is 9.59 Å². The number of unbranched alkanes of at least 4 members (excludes halogenated alkanes) is 2. The van der Waals surface area contributed by atoms with E-state index < -0.39 is 23.8 Å². The highest BCUT2D eigenvalue weighted by Crippen LogP contribution is 2.29. The van der Waals surface area contributed by atoms with Gasteiger partial charge in [0.05, 0.1) is 13.0 Å². The van der Waals surface area contributed by atoms with E-state index in [9.17, 15) is 14.7 Å². The van der Waals surface area contributed by atoms with E-state index in [0.29, 0.717) is 12.2 Å². The molecule has 1 aromatic carbocycles. The number of carbonyl (C=O) groups is 2. The van der Waals surface area contributed by atoms with E-state index in [-0.39, 0.29) is 29.7 Å². The number of benzene rings is 1. The number of aromatic hydroxyl groups is 1. The minimum atomic E-state index is -0.701. The maximum Gasteiger partial charge on any atom is 0.309 e. The number of para-hydroxylation sites is 1. The molecule has 0 bridgehead atoms. The summed E-state index contributed by atoms with van der Waals surface area (Å²) in [6.07, 6.45) is 4.12. The summed E-state index contributed by atoms with van der Waals surface area (Å²) in [5, 5.41) is 10.1. The third-order valence-electron chi connectivity index (χ3n) is 5.21. The van der Waals surface area contributed by atoms with Crippen LogP contribution in [0.15, 0.2) is 42.6 Å². The molecule has 1 aromatic heterocycles. The van der Waals surface area contributed by atoms with Crippen LogP contribution in [0, 0.1) is 5.92 Å². The number of ketones is 1. The first kappa shape index (κ1) is 25.2. The monoisotopic (exact) mass is 443 g/mol. The molecule has 32 heavy (non-hydrogen) atoms. The Morgan fingerprint density at radius 1 is 1.09 bits per heavy atom. The van der Waals surface area contributed by atoms with Gasteiger partial charge >= 0.3 is 5.97 Å². The smallest absolute Gasteiger partial charge is 0.309 e. The average Bonchev–Trinajstić information content (AvgIpc) is 2.79. The summed E-state index contributed by atoms with van der Waals surface area (Å²) in [4.78, 5) is 29.3. The van der Waals surface area contributed by atoms with E-state index in [1.807, 2.05) is 37.3 Å². The molecule has 0 saturated heterocycles. The number of rotatable bonds is 13. The Hall–Kier alpha value is -3.09. The molecule has 174 valence electrons. The van der Waals surface area contributed by atoms with Crippen molar-refractivity contribution in [3.63, 3.8) is 0 Å². The molecule has 0 fully saturated rings. The van der Waals surface area contributed by atoms with E-state index in [4.69, 9.17) is 14.2 Å². The van der Waals surface area contributed by atoms with Crippen LogP contribution in [0.5, 0.6) is 17.2 Å². The van der Waals surface area contributed by atoms with Crippen molar-refractivity contribution in [2.24, 2.45) is 5.92 Å². The molecule has 1 heterocycles. The molecule has 2 aromatic rings. The number of hydrogen-bond acceptors (Lipinski definition) is 7. The lowest BCUT2D eigenvalue weighted by molar-refractivity contribution is -0.158. The molecule has 7 heteroatoms. The van der Waals surface area contributed by atoms with Gasteiger partial charge in [0.2, 0.25) is 0 Å². The van der Waals surface area contributed by atoms with E-state index >= 15 is 0 Å². The van der Waals surface area contributed by atoms with E-state index in [2.05, 4.69) is 11.9 Å². The number of hydrogen-bond donors (Lipinski definition) is 1. The first-order chi connectivity index (χ1) is 15.4. The summed E-state index contributed by atoms with van der Waals surface area (Å²) in [5.41, 5.74) is -0.121. The Morgan fingerprint density at radius 3 is 2.47 bits per heavy atom. The minimum Gasteiger partial charge on any atom is -0.503 e. The summed E-state index contributed by atoms with van der Waals surface area (Å²) in [6.45, 7) is 5.62. The van der Waals surface area contributed by atoms with Crippen LogP contribution in [0.3, 0.4) is 0 Å². The topological polar surface area (TPSA) is 95.0 Å². The number of carbonyl (C=O) groups excluding carboxylic acids is 2. The Labute approximate surface area is 189 Å². The highest BCUT2D eigenvalue weighted by Gasteiger charge is 2.28. The summed E-state index contributed by atoms with van der Waals surface area (Å²) < 4.78 is 16.8. The van der Waals surface area contributed by atoms with Crippen molar-refractivity contribution in [2.75, 3.05) is 7.11 Å². The van der Waals surface area contributed by atoms with Crippen LogP contribution in [-0.4, -0.2) is 41.2 Å². The molecule has 0 aliphatic heterocycles. The average molecular weight is 444 g/mol. The lowest BCUT2D eigenvalue weighted by Crippen LogP contribution is -2.35. The molecule has 0 aliphatic rings. The molecular weight excluding hydrogens is 410 g/mol. The van der Waals surface area contributed by atoms with Gasteiger partial charge in [-0.25, -0.2) is 4.98 Å². The van der Waals surface area contributed by atoms with Gasteiger partial charge in [-0.2, -0.15) is 0 Å². The van der Waals surface area contributed by atoms with Crippen LogP contribution in [-0.2, 0) is 9.53 Å². The third kappa shape index (κ3) is 7.25. The minimum absolute atomic E-state index is 0.121. The van der Waals surface area contributed by atoms with Gasteiger partial charge in [-0.15, -0.1) is 0 Å². The highest BCUT2D eigenvalue weighted by molar-refractivity contribution is 5.99. The van der Waals surface area contributed by atoms with E-state index in [0.717, 1.165) is 19.3 Å². The maximum atomic E-state index is 12.8. The van der Waals surface area contributed by atoms with Crippen molar-refractivity contribution in [1.29, 1.82) is 0 Å². The number of esters is 1. The number of Topliss-reactive ketones (excluding diaryl/α,β-unsaturated/α-hetero) is 1. The Kier molecular flexibility index (Phi) is 9.98. The van der Waals surface area contributed by atoms with Gasteiger partial charge in [0, 0.05) is 18.7 Å². The van der Waals surface area contributed by atoms with Crippen molar-refractivity contribution in [3.8, 4) is 17.2 Å². The second-order valence-corrected chi connectivity index (χ2v) is 7.85. The molecule has 3 atom stereocenters. The molecule has 0 aliphatic carbocycles. The van der Waals surface area contributed by atoms with Gasteiger partial charge in [-0.05, 0) is 31.9 Å². The third-order valence-corrected chi connectivity index (χ3v) is 5.21. The summed E-state index contributed by atoms with van der Waals surface area (Å²) in [7, 11) is 1.39. The number of methoxy groups -OCH3 is 1. The van der Waals surface area contributed by atoms with Crippen molar-refractivity contribution in [3.05, 3.63) is 48.3 Å². The van der Waals surface area contributed by atoms with Crippen molar-refractivity contribution >= 4 is 11.8 Å². The predicted molar refractivity (Wildman–Crippen MR) is 121 cm³/mol. The fourth-order valence-electron chi connectivity index (χ4n) is 3.30. The van der Waals surface area contributed by atoms with Gasteiger partial charge in [0.15, 0.2) is 23.0 Å². The second-order valence-electron chi connectivity index (χ2n) is 7.85. The number of nitrogens with zero attached hydrogens (tertiary/aromatic N) is 1. The normalized spacial score (nSPS) is 13.6. The Bertz CT molecular complexity index is 870. The van der Waals surface area contributed by atoms with Crippen molar-refractivity contribution in [2.45, 2.75) is 65.1 Å². The quantitative estimate of drug-likeness (QED) is 0.265. The van der Waals surface area contributed by atoms with Crippen LogP contribution < -0.4 is 9.47 Å². The van der Waals surface area contributed by atoms with Crippen LogP contribution >= 0.6 is 0 Å². The molecule has 0 radical (unpaired) electrons. The fraction of sp³-hybridized carbons (Fsp3) is 0.480. The Balaban J connectivity index is 2.02. The van der Waals surface area contributed by atoms with Gasteiger partial charge < -0.3 is 19.3 Å².